The van der Waals surface area contributed by atoms with Gasteiger partial charge in [0.15, 0.2) is 0 Å². The van der Waals surface area contributed by atoms with Gasteiger partial charge in [0.1, 0.15) is 0 Å². The van der Waals surface area contributed by atoms with Gasteiger partial charge in [0.2, 0.25) is 5.91 Å². The third-order valence-corrected chi connectivity index (χ3v) is 10.7. The number of amides is 1. The summed E-state index contributed by atoms with van der Waals surface area (Å²) in [5.74, 6) is 0.680. The van der Waals surface area contributed by atoms with Crippen LogP contribution in [-0.2, 0) is 11.3 Å². The molecule has 1 amide bonds. The number of likely N-dealkylation sites (tertiary alicyclic amines) is 1. The van der Waals surface area contributed by atoms with Crippen molar-refractivity contribution >= 4 is 17.5 Å². The fourth-order valence-electron chi connectivity index (χ4n) is 8.19. The Labute approximate surface area is 246 Å². The van der Waals surface area contributed by atoms with Crippen molar-refractivity contribution in [2.75, 3.05) is 45.8 Å². The second-order valence-electron chi connectivity index (χ2n) is 12.8. The van der Waals surface area contributed by atoms with E-state index in [0.29, 0.717) is 11.9 Å². The highest BCUT2D eigenvalue weighted by atomic mass is 35.5. The van der Waals surface area contributed by atoms with E-state index in [-0.39, 0.29) is 17.4 Å². The maximum Gasteiger partial charge on any atom is 0.227 e. The summed E-state index contributed by atoms with van der Waals surface area (Å²) in [6.45, 7) is 7.55. The lowest BCUT2D eigenvalue weighted by atomic mass is 9.79. The van der Waals surface area contributed by atoms with Crippen LogP contribution in [0.5, 0.6) is 0 Å². The van der Waals surface area contributed by atoms with Gasteiger partial charge < -0.3 is 10.2 Å². The topological polar surface area (TPSA) is 38.8 Å². The SMILES string of the molecule is O=C([C@H]1CN(C2CCCC2)C[C@@H]1c1ccc(Cl)cc1)N1CCN(C2(CNCc3ccccc3)CCCCC2)CC1. The molecule has 6 rings (SSSR count). The molecule has 1 N–H and O–H groups in total. The molecule has 4 aliphatic rings. The molecule has 0 radical (unpaired) electrons. The van der Waals surface area contributed by atoms with Gasteiger partial charge in [-0.15, -0.1) is 0 Å². The van der Waals surface area contributed by atoms with Gasteiger partial charge in [-0.25, -0.2) is 0 Å². The Kier molecular flexibility index (Phi) is 9.13. The molecule has 2 aromatic carbocycles. The van der Waals surface area contributed by atoms with Crippen molar-refractivity contribution in [1.82, 2.24) is 20.0 Å². The number of carbonyl (C=O) groups excluding carboxylic acids is 1. The predicted octanol–water partition coefficient (Wildman–Crippen LogP) is 5.93. The van der Waals surface area contributed by atoms with Crippen LogP contribution in [0.1, 0.15) is 74.8 Å². The quantitative estimate of drug-likeness (QED) is 0.432. The Bertz CT molecular complexity index is 1090. The van der Waals surface area contributed by atoms with E-state index in [4.69, 9.17) is 11.6 Å². The van der Waals surface area contributed by atoms with Crippen LogP contribution in [-0.4, -0.2) is 78.0 Å². The van der Waals surface area contributed by atoms with Gasteiger partial charge in [0, 0.05) is 74.9 Å². The Morgan fingerprint density at radius 1 is 0.850 bits per heavy atom. The summed E-state index contributed by atoms with van der Waals surface area (Å²) in [5.41, 5.74) is 2.84. The molecule has 0 bridgehead atoms. The van der Waals surface area contributed by atoms with E-state index in [2.05, 4.69) is 62.5 Å². The van der Waals surface area contributed by atoms with Crippen molar-refractivity contribution in [2.45, 2.75) is 81.8 Å². The number of nitrogens with one attached hydrogen (secondary N) is 1. The lowest BCUT2D eigenvalue weighted by Crippen LogP contribution is -2.62. The van der Waals surface area contributed by atoms with Crippen molar-refractivity contribution in [2.24, 2.45) is 5.92 Å². The van der Waals surface area contributed by atoms with Crippen LogP contribution in [0.2, 0.25) is 5.02 Å². The summed E-state index contributed by atoms with van der Waals surface area (Å²) < 4.78 is 0. The summed E-state index contributed by atoms with van der Waals surface area (Å²) in [5, 5.41) is 4.58. The van der Waals surface area contributed by atoms with Crippen molar-refractivity contribution in [3.05, 3.63) is 70.7 Å². The van der Waals surface area contributed by atoms with Crippen LogP contribution >= 0.6 is 11.6 Å². The third kappa shape index (κ3) is 6.28. The lowest BCUT2D eigenvalue weighted by molar-refractivity contribution is -0.138. The number of benzene rings is 2. The first-order valence-electron chi connectivity index (χ1n) is 15.9. The third-order valence-electron chi connectivity index (χ3n) is 10.5. The van der Waals surface area contributed by atoms with Gasteiger partial charge in [-0.05, 0) is 48.9 Å². The minimum Gasteiger partial charge on any atom is -0.340 e. The molecule has 2 aliphatic carbocycles. The van der Waals surface area contributed by atoms with Crippen molar-refractivity contribution < 1.29 is 4.79 Å². The highest BCUT2D eigenvalue weighted by Gasteiger charge is 2.45. The highest BCUT2D eigenvalue weighted by molar-refractivity contribution is 6.30. The summed E-state index contributed by atoms with van der Waals surface area (Å²) in [4.78, 5) is 21.7. The molecule has 0 unspecified atom stereocenters. The molecule has 0 aromatic heterocycles. The largest absolute Gasteiger partial charge is 0.340 e. The molecule has 216 valence electrons. The number of piperazine rings is 1. The lowest BCUT2D eigenvalue weighted by Gasteiger charge is -2.50. The predicted molar refractivity (Wildman–Crippen MR) is 164 cm³/mol. The minimum atomic E-state index is 0.0458. The van der Waals surface area contributed by atoms with E-state index in [0.717, 1.165) is 57.4 Å². The summed E-state index contributed by atoms with van der Waals surface area (Å²) >= 11 is 6.23. The Morgan fingerprint density at radius 3 is 2.25 bits per heavy atom. The molecule has 4 fully saturated rings. The van der Waals surface area contributed by atoms with Crippen LogP contribution in [0.25, 0.3) is 0 Å². The van der Waals surface area contributed by atoms with Gasteiger partial charge in [-0.3, -0.25) is 14.6 Å². The van der Waals surface area contributed by atoms with E-state index in [1.165, 1.54) is 68.9 Å². The molecule has 2 saturated carbocycles. The smallest absolute Gasteiger partial charge is 0.227 e. The van der Waals surface area contributed by atoms with Crippen molar-refractivity contribution in [3.8, 4) is 0 Å². The molecular formula is C34H47ClN4O. The zero-order valence-electron chi connectivity index (χ0n) is 24.1. The second-order valence-corrected chi connectivity index (χ2v) is 13.3. The number of halogens is 1. The minimum absolute atomic E-state index is 0.0458. The Hall–Kier alpha value is -1.92. The summed E-state index contributed by atoms with van der Waals surface area (Å²) in [6, 6.07) is 19.7. The fraction of sp³-hybridized carbons (Fsp3) is 0.618. The van der Waals surface area contributed by atoms with Crippen molar-refractivity contribution in [3.63, 3.8) is 0 Å². The van der Waals surface area contributed by atoms with Crippen LogP contribution < -0.4 is 5.32 Å². The van der Waals surface area contributed by atoms with Crippen LogP contribution in [0.15, 0.2) is 54.6 Å². The number of hydrogen-bond donors (Lipinski definition) is 1. The molecule has 2 saturated heterocycles. The number of hydrogen-bond acceptors (Lipinski definition) is 4. The molecule has 5 nitrogen and oxygen atoms in total. The van der Waals surface area contributed by atoms with Crippen LogP contribution in [0.4, 0.5) is 0 Å². The fourth-order valence-corrected chi connectivity index (χ4v) is 8.31. The molecule has 2 atom stereocenters. The van der Waals surface area contributed by atoms with E-state index in [1.54, 1.807) is 0 Å². The van der Waals surface area contributed by atoms with Gasteiger partial charge in [-0.2, -0.15) is 0 Å². The summed E-state index contributed by atoms with van der Waals surface area (Å²) in [7, 11) is 0. The Balaban J connectivity index is 1.10. The van der Waals surface area contributed by atoms with E-state index in [1.807, 2.05) is 12.1 Å². The van der Waals surface area contributed by atoms with Gasteiger partial charge >= 0.3 is 0 Å². The van der Waals surface area contributed by atoms with Crippen LogP contribution in [0, 0.1) is 5.92 Å². The second kappa shape index (κ2) is 12.9. The highest BCUT2D eigenvalue weighted by Crippen LogP contribution is 2.39. The average Bonchev–Trinajstić information content (AvgIpc) is 3.69. The number of carbonyl (C=O) groups is 1. The average molecular weight is 563 g/mol. The van der Waals surface area contributed by atoms with E-state index >= 15 is 0 Å². The zero-order valence-corrected chi connectivity index (χ0v) is 24.8. The Morgan fingerprint density at radius 2 is 1.55 bits per heavy atom. The first-order chi connectivity index (χ1) is 19.6. The normalized spacial score (nSPS) is 26.4. The van der Waals surface area contributed by atoms with E-state index in [9.17, 15) is 4.79 Å². The van der Waals surface area contributed by atoms with Crippen molar-refractivity contribution in [1.29, 1.82) is 0 Å². The zero-order chi connectivity index (χ0) is 27.4. The molecule has 2 aromatic rings. The van der Waals surface area contributed by atoms with Gasteiger partial charge in [-0.1, -0.05) is 86.2 Å². The van der Waals surface area contributed by atoms with Gasteiger partial charge in [0.05, 0.1) is 5.92 Å². The van der Waals surface area contributed by atoms with E-state index < -0.39 is 0 Å². The monoisotopic (exact) mass is 562 g/mol. The maximum atomic E-state index is 14.1. The maximum absolute atomic E-state index is 14.1. The molecule has 40 heavy (non-hydrogen) atoms. The number of nitrogens with zero attached hydrogens (tertiary/aromatic N) is 3. The molecule has 2 aliphatic heterocycles. The van der Waals surface area contributed by atoms with Crippen LogP contribution in [0.3, 0.4) is 0 Å². The molecule has 6 heteroatoms. The molecule has 0 spiro atoms. The standard InChI is InChI=1S/C34H47ClN4O/c35-29-15-13-28(14-16-29)31-24-38(30-11-5-6-12-30)25-32(31)33(40)37-19-21-39(22-20-37)34(17-7-2-8-18-34)26-36-23-27-9-3-1-4-10-27/h1,3-4,9-10,13-16,30-32,36H,2,5-8,11-12,17-26H2/t31-,32+/m1/s1. The van der Waals surface area contributed by atoms with Gasteiger partial charge in [0.25, 0.3) is 0 Å². The molecule has 2 heterocycles. The molecular weight excluding hydrogens is 516 g/mol. The first-order valence-corrected chi connectivity index (χ1v) is 16.3. The first kappa shape index (κ1) is 28.2. The number of rotatable bonds is 8. The summed E-state index contributed by atoms with van der Waals surface area (Å²) in [6.07, 6.45) is 11.7.